The molecule has 2 N–H and O–H groups in total. The summed E-state index contributed by atoms with van der Waals surface area (Å²) in [6, 6.07) is 8.61. The minimum atomic E-state index is 0.126. The standard InChI is InChI=1S/C11H15NOS/c1-8(12)9-2-4-10(5-3-9)14-11-6-13-7-11/h2-5,8,11H,6-7,12H2,1H3/t8-/m1/s1. The third-order valence-electron chi connectivity index (χ3n) is 2.32. The van der Waals surface area contributed by atoms with Crippen LogP contribution in [-0.4, -0.2) is 18.5 Å². The lowest BCUT2D eigenvalue weighted by molar-refractivity contribution is 0.0455. The van der Waals surface area contributed by atoms with E-state index < -0.39 is 0 Å². The van der Waals surface area contributed by atoms with Gasteiger partial charge in [-0.15, -0.1) is 11.8 Å². The van der Waals surface area contributed by atoms with Crippen molar-refractivity contribution >= 4 is 11.8 Å². The first kappa shape index (κ1) is 10.0. The Morgan fingerprint density at radius 3 is 2.43 bits per heavy atom. The van der Waals surface area contributed by atoms with Gasteiger partial charge < -0.3 is 10.5 Å². The molecule has 3 heteroatoms. The van der Waals surface area contributed by atoms with Crippen LogP contribution in [0.3, 0.4) is 0 Å². The van der Waals surface area contributed by atoms with E-state index in [0.29, 0.717) is 5.25 Å². The monoisotopic (exact) mass is 209 g/mol. The molecular weight excluding hydrogens is 194 g/mol. The van der Waals surface area contributed by atoms with Gasteiger partial charge in [0.25, 0.3) is 0 Å². The molecule has 1 heterocycles. The smallest absolute Gasteiger partial charge is 0.0611 e. The van der Waals surface area contributed by atoms with E-state index in [-0.39, 0.29) is 6.04 Å². The lowest BCUT2D eigenvalue weighted by atomic mass is 10.1. The first-order valence-electron chi connectivity index (χ1n) is 4.85. The predicted molar refractivity (Wildman–Crippen MR) is 59.5 cm³/mol. The Morgan fingerprint density at radius 1 is 1.36 bits per heavy atom. The highest BCUT2D eigenvalue weighted by atomic mass is 32.2. The summed E-state index contributed by atoms with van der Waals surface area (Å²) >= 11 is 1.88. The fourth-order valence-corrected chi connectivity index (χ4v) is 2.33. The maximum Gasteiger partial charge on any atom is 0.0611 e. The summed E-state index contributed by atoms with van der Waals surface area (Å²) < 4.78 is 5.13. The number of hydrogen-bond acceptors (Lipinski definition) is 3. The van der Waals surface area contributed by atoms with Crippen molar-refractivity contribution in [1.82, 2.24) is 0 Å². The van der Waals surface area contributed by atoms with Gasteiger partial charge in [0.05, 0.1) is 18.5 Å². The molecule has 1 saturated heterocycles. The Morgan fingerprint density at radius 2 is 2.00 bits per heavy atom. The van der Waals surface area contributed by atoms with Crippen LogP contribution in [-0.2, 0) is 4.74 Å². The number of rotatable bonds is 3. The molecule has 1 aliphatic rings. The average molecular weight is 209 g/mol. The SMILES string of the molecule is C[C@@H](N)c1ccc(SC2COC2)cc1. The zero-order valence-electron chi connectivity index (χ0n) is 8.27. The summed E-state index contributed by atoms with van der Waals surface area (Å²) in [6.07, 6.45) is 0. The Kier molecular flexibility index (Phi) is 3.11. The molecule has 0 spiro atoms. The summed E-state index contributed by atoms with van der Waals surface area (Å²) in [5.41, 5.74) is 6.97. The molecule has 1 aliphatic heterocycles. The molecule has 1 aromatic carbocycles. The molecule has 0 bridgehead atoms. The summed E-state index contributed by atoms with van der Waals surface area (Å²) in [6.45, 7) is 3.78. The van der Waals surface area contributed by atoms with Gasteiger partial charge in [-0.25, -0.2) is 0 Å². The first-order chi connectivity index (χ1) is 6.75. The van der Waals surface area contributed by atoms with Crippen molar-refractivity contribution in [2.45, 2.75) is 23.1 Å². The van der Waals surface area contributed by atoms with Crippen molar-refractivity contribution in [3.63, 3.8) is 0 Å². The summed E-state index contributed by atoms with van der Waals surface area (Å²) in [5, 5.41) is 0.649. The summed E-state index contributed by atoms with van der Waals surface area (Å²) in [5.74, 6) is 0. The van der Waals surface area contributed by atoms with Crippen LogP contribution in [0, 0.1) is 0 Å². The van der Waals surface area contributed by atoms with Crippen molar-refractivity contribution in [2.75, 3.05) is 13.2 Å². The van der Waals surface area contributed by atoms with Crippen LogP contribution in [0.15, 0.2) is 29.2 Å². The van der Waals surface area contributed by atoms with Crippen LogP contribution in [0.5, 0.6) is 0 Å². The zero-order valence-corrected chi connectivity index (χ0v) is 9.09. The second-order valence-corrected chi connectivity index (χ2v) is 5.01. The van der Waals surface area contributed by atoms with Gasteiger partial charge in [0, 0.05) is 10.9 Å². The quantitative estimate of drug-likeness (QED) is 0.829. The molecule has 2 rings (SSSR count). The molecule has 1 fully saturated rings. The van der Waals surface area contributed by atoms with E-state index in [4.69, 9.17) is 10.5 Å². The predicted octanol–water partition coefficient (Wildman–Crippen LogP) is 2.20. The third-order valence-corrected chi connectivity index (χ3v) is 3.47. The van der Waals surface area contributed by atoms with Crippen molar-refractivity contribution in [3.8, 4) is 0 Å². The molecule has 0 aromatic heterocycles. The minimum Gasteiger partial charge on any atom is -0.379 e. The second kappa shape index (κ2) is 4.34. The van der Waals surface area contributed by atoms with Gasteiger partial charge in [-0.05, 0) is 24.6 Å². The molecule has 14 heavy (non-hydrogen) atoms. The van der Waals surface area contributed by atoms with Gasteiger partial charge in [-0.2, -0.15) is 0 Å². The summed E-state index contributed by atoms with van der Waals surface area (Å²) in [7, 11) is 0. The van der Waals surface area contributed by atoms with Gasteiger partial charge in [0.1, 0.15) is 0 Å². The summed E-state index contributed by atoms with van der Waals surface area (Å²) in [4.78, 5) is 1.31. The van der Waals surface area contributed by atoms with Crippen molar-refractivity contribution in [3.05, 3.63) is 29.8 Å². The maximum atomic E-state index is 5.78. The Balaban J connectivity index is 1.98. The highest BCUT2D eigenvalue weighted by Crippen LogP contribution is 2.28. The number of ether oxygens (including phenoxy) is 1. The Hall–Kier alpha value is -0.510. The molecular formula is C11H15NOS. The Bertz CT molecular complexity index is 293. The van der Waals surface area contributed by atoms with Gasteiger partial charge in [-0.3, -0.25) is 0 Å². The molecule has 1 aromatic rings. The van der Waals surface area contributed by atoms with Crippen LogP contribution in [0.4, 0.5) is 0 Å². The second-order valence-electron chi connectivity index (χ2n) is 3.64. The fraction of sp³-hybridized carbons (Fsp3) is 0.455. The van der Waals surface area contributed by atoms with E-state index >= 15 is 0 Å². The lowest BCUT2D eigenvalue weighted by Crippen LogP contribution is -2.29. The van der Waals surface area contributed by atoms with E-state index in [9.17, 15) is 0 Å². The number of thioether (sulfide) groups is 1. The zero-order chi connectivity index (χ0) is 9.97. The highest BCUT2D eigenvalue weighted by Gasteiger charge is 2.19. The lowest BCUT2D eigenvalue weighted by Gasteiger charge is -2.25. The number of nitrogens with two attached hydrogens (primary N) is 1. The van der Waals surface area contributed by atoms with Crippen LogP contribution in [0.2, 0.25) is 0 Å². The van der Waals surface area contributed by atoms with Gasteiger partial charge in [0.15, 0.2) is 0 Å². The molecule has 0 aliphatic carbocycles. The molecule has 76 valence electrons. The van der Waals surface area contributed by atoms with E-state index in [1.165, 1.54) is 10.5 Å². The van der Waals surface area contributed by atoms with E-state index in [1.54, 1.807) is 0 Å². The normalized spacial score (nSPS) is 19.0. The van der Waals surface area contributed by atoms with Crippen molar-refractivity contribution in [2.24, 2.45) is 5.73 Å². The molecule has 0 saturated carbocycles. The van der Waals surface area contributed by atoms with Crippen LogP contribution in [0.1, 0.15) is 18.5 Å². The number of benzene rings is 1. The average Bonchev–Trinajstić information content (AvgIpc) is 2.12. The van der Waals surface area contributed by atoms with Crippen LogP contribution >= 0.6 is 11.8 Å². The highest BCUT2D eigenvalue weighted by molar-refractivity contribution is 8.00. The first-order valence-corrected chi connectivity index (χ1v) is 5.73. The van der Waals surface area contributed by atoms with E-state index in [2.05, 4.69) is 24.3 Å². The molecule has 0 unspecified atom stereocenters. The van der Waals surface area contributed by atoms with Crippen molar-refractivity contribution in [1.29, 1.82) is 0 Å². The molecule has 0 radical (unpaired) electrons. The Labute approximate surface area is 88.8 Å². The van der Waals surface area contributed by atoms with Crippen LogP contribution < -0.4 is 5.73 Å². The van der Waals surface area contributed by atoms with Gasteiger partial charge in [0.2, 0.25) is 0 Å². The topological polar surface area (TPSA) is 35.2 Å². The van der Waals surface area contributed by atoms with E-state index in [1.807, 2.05) is 18.7 Å². The van der Waals surface area contributed by atoms with Crippen molar-refractivity contribution < 1.29 is 4.74 Å². The largest absolute Gasteiger partial charge is 0.379 e. The third kappa shape index (κ3) is 2.29. The molecule has 1 atom stereocenters. The maximum absolute atomic E-state index is 5.78. The number of hydrogen-bond donors (Lipinski definition) is 1. The van der Waals surface area contributed by atoms with E-state index in [0.717, 1.165) is 13.2 Å². The fourth-order valence-electron chi connectivity index (χ4n) is 1.32. The minimum absolute atomic E-state index is 0.126. The molecule has 0 amide bonds. The molecule has 2 nitrogen and oxygen atoms in total. The van der Waals surface area contributed by atoms with Gasteiger partial charge in [-0.1, -0.05) is 12.1 Å². The van der Waals surface area contributed by atoms with Gasteiger partial charge >= 0.3 is 0 Å². The van der Waals surface area contributed by atoms with Crippen LogP contribution in [0.25, 0.3) is 0 Å².